The largest absolute Gasteiger partial charge is 0.338 e. The second-order valence-corrected chi connectivity index (χ2v) is 6.10. The second-order valence-electron chi connectivity index (χ2n) is 6.10. The predicted octanol–water partition coefficient (Wildman–Crippen LogP) is 1.70. The highest BCUT2D eigenvalue weighted by atomic mass is 16.2. The van der Waals surface area contributed by atoms with E-state index in [0.717, 1.165) is 32.2 Å². The average molecular weight is 287 g/mol. The van der Waals surface area contributed by atoms with Crippen LogP contribution in [0, 0.1) is 0 Å². The summed E-state index contributed by atoms with van der Waals surface area (Å²) in [6.07, 6.45) is 7.79. The van der Waals surface area contributed by atoms with Gasteiger partial charge in [0.15, 0.2) is 0 Å². The normalized spacial score (nSPS) is 26.2. The molecular formula is C16H21N3O2. The van der Waals surface area contributed by atoms with Crippen molar-refractivity contribution >= 4 is 11.8 Å². The van der Waals surface area contributed by atoms with Crippen LogP contribution in [-0.4, -0.2) is 52.3 Å². The summed E-state index contributed by atoms with van der Waals surface area (Å²) in [5.74, 6) is 0.252. The van der Waals surface area contributed by atoms with E-state index in [0.29, 0.717) is 18.5 Å². The van der Waals surface area contributed by atoms with E-state index in [4.69, 9.17) is 0 Å². The lowest BCUT2D eigenvalue weighted by Gasteiger charge is -2.50. The van der Waals surface area contributed by atoms with Gasteiger partial charge >= 0.3 is 0 Å². The van der Waals surface area contributed by atoms with Crippen LogP contribution in [0.4, 0.5) is 0 Å². The molecule has 0 N–H and O–H groups in total. The minimum absolute atomic E-state index is 0.0443. The fraction of sp³-hybridized carbons (Fsp3) is 0.562. The minimum atomic E-state index is -0.156. The Kier molecular flexibility index (Phi) is 3.66. The summed E-state index contributed by atoms with van der Waals surface area (Å²) in [4.78, 5) is 32.4. The molecule has 0 aromatic carbocycles. The summed E-state index contributed by atoms with van der Waals surface area (Å²) in [6.45, 7) is 1.42. The fourth-order valence-corrected chi connectivity index (χ4v) is 3.61. The Labute approximate surface area is 124 Å². The van der Waals surface area contributed by atoms with Gasteiger partial charge in [0.25, 0.3) is 5.91 Å². The maximum Gasteiger partial charge on any atom is 0.254 e. The summed E-state index contributed by atoms with van der Waals surface area (Å²) >= 11 is 0. The number of aromatic nitrogens is 1. The van der Waals surface area contributed by atoms with Crippen molar-refractivity contribution in [3.63, 3.8) is 0 Å². The summed E-state index contributed by atoms with van der Waals surface area (Å²) in [7, 11) is 1.89. The number of piperidine rings is 2. The Morgan fingerprint density at radius 2 is 1.95 bits per heavy atom. The first-order chi connectivity index (χ1) is 10.1. The van der Waals surface area contributed by atoms with Crippen LogP contribution in [0.15, 0.2) is 24.5 Å². The molecule has 2 aliphatic rings. The number of hydrogen-bond donors (Lipinski definition) is 0. The molecule has 2 saturated heterocycles. The molecule has 0 radical (unpaired) electrons. The summed E-state index contributed by atoms with van der Waals surface area (Å²) in [5, 5.41) is 0. The molecule has 3 rings (SSSR count). The van der Waals surface area contributed by atoms with Crippen LogP contribution in [0.3, 0.4) is 0 Å². The lowest BCUT2D eigenvalue weighted by Crippen LogP contribution is -2.61. The van der Waals surface area contributed by atoms with Crippen molar-refractivity contribution in [2.24, 2.45) is 0 Å². The van der Waals surface area contributed by atoms with E-state index in [1.54, 1.807) is 24.5 Å². The summed E-state index contributed by atoms with van der Waals surface area (Å²) in [5.41, 5.74) is 0.517. The van der Waals surface area contributed by atoms with E-state index in [-0.39, 0.29) is 17.4 Å². The second kappa shape index (κ2) is 5.47. The third-order valence-electron chi connectivity index (χ3n) is 4.89. The molecule has 2 fully saturated rings. The molecule has 1 aromatic rings. The van der Waals surface area contributed by atoms with Gasteiger partial charge in [-0.1, -0.05) is 0 Å². The van der Waals surface area contributed by atoms with Crippen molar-refractivity contribution < 1.29 is 9.59 Å². The molecule has 5 heteroatoms. The molecule has 2 amide bonds. The van der Waals surface area contributed by atoms with Crippen LogP contribution in [-0.2, 0) is 4.79 Å². The van der Waals surface area contributed by atoms with Crippen molar-refractivity contribution in [1.29, 1.82) is 0 Å². The van der Waals surface area contributed by atoms with Crippen LogP contribution in [0.2, 0.25) is 0 Å². The van der Waals surface area contributed by atoms with Crippen LogP contribution in [0.25, 0.3) is 0 Å². The number of amides is 2. The molecule has 2 aliphatic heterocycles. The van der Waals surface area contributed by atoms with Gasteiger partial charge in [-0.3, -0.25) is 14.6 Å². The van der Waals surface area contributed by atoms with E-state index in [9.17, 15) is 9.59 Å². The zero-order valence-corrected chi connectivity index (χ0v) is 12.4. The van der Waals surface area contributed by atoms with Crippen molar-refractivity contribution in [3.05, 3.63) is 30.1 Å². The Balaban J connectivity index is 1.80. The first kappa shape index (κ1) is 14.0. The van der Waals surface area contributed by atoms with Crippen LogP contribution in [0.5, 0.6) is 0 Å². The van der Waals surface area contributed by atoms with Crippen molar-refractivity contribution in [1.82, 2.24) is 14.8 Å². The maximum absolute atomic E-state index is 12.6. The van der Waals surface area contributed by atoms with Gasteiger partial charge < -0.3 is 9.80 Å². The third kappa shape index (κ3) is 2.52. The Morgan fingerprint density at radius 1 is 1.24 bits per heavy atom. The number of rotatable bonds is 1. The van der Waals surface area contributed by atoms with Gasteiger partial charge in [0.2, 0.25) is 5.91 Å². The monoisotopic (exact) mass is 287 g/mol. The molecule has 112 valence electrons. The Bertz CT molecular complexity index is 542. The smallest absolute Gasteiger partial charge is 0.254 e. The standard InChI is InChI=1S/C16H21N3O2/c1-18-14(20)4-2-7-16(18)8-3-11-19(12-16)15(21)13-5-9-17-10-6-13/h5-6,9-10H,2-4,7-8,11-12H2,1H3. The molecular weight excluding hydrogens is 266 g/mol. The number of pyridine rings is 1. The number of likely N-dealkylation sites (N-methyl/N-ethyl adjacent to an activating group) is 1. The first-order valence-electron chi connectivity index (χ1n) is 7.58. The van der Waals surface area contributed by atoms with E-state index in [1.165, 1.54) is 0 Å². The zero-order chi connectivity index (χ0) is 14.9. The molecule has 5 nitrogen and oxygen atoms in total. The predicted molar refractivity (Wildman–Crippen MR) is 78.7 cm³/mol. The van der Waals surface area contributed by atoms with Crippen molar-refractivity contribution in [2.75, 3.05) is 20.1 Å². The van der Waals surface area contributed by atoms with Crippen LogP contribution < -0.4 is 0 Å². The van der Waals surface area contributed by atoms with Gasteiger partial charge in [-0.05, 0) is 37.8 Å². The van der Waals surface area contributed by atoms with Gasteiger partial charge in [0, 0.05) is 44.5 Å². The molecule has 0 aliphatic carbocycles. The highest BCUT2D eigenvalue weighted by Gasteiger charge is 2.44. The van der Waals surface area contributed by atoms with Crippen molar-refractivity contribution in [2.45, 2.75) is 37.6 Å². The van der Waals surface area contributed by atoms with E-state index < -0.39 is 0 Å². The topological polar surface area (TPSA) is 53.5 Å². The highest BCUT2D eigenvalue weighted by molar-refractivity contribution is 5.94. The number of carbonyl (C=O) groups is 2. The molecule has 1 atom stereocenters. The van der Waals surface area contributed by atoms with Gasteiger partial charge in [-0.15, -0.1) is 0 Å². The number of nitrogens with zero attached hydrogens (tertiary/aromatic N) is 3. The van der Waals surface area contributed by atoms with Crippen molar-refractivity contribution in [3.8, 4) is 0 Å². The third-order valence-corrected chi connectivity index (χ3v) is 4.89. The zero-order valence-electron chi connectivity index (χ0n) is 12.4. The summed E-state index contributed by atoms with van der Waals surface area (Å²) < 4.78 is 0. The Morgan fingerprint density at radius 3 is 2.71 bits per heavy atom. The van der Waals surface area contributed by atoms with Gasteiger partial charge in [0.1, 0.15) is 0 Å². The number of carbonyl (C=O) groups excluding carboxylic acids is 2. The summed E-state index contributed by atoms with van der Waals surface area (Å²) in [6, 6.07) is 3.50. The average Bonchev–Trinajstić information content (AvgIpc) is 2.53. The van der Waals surface area contributed by atoms with Crippen LogP contribution >= 0.6 is 0 Å². The highest BCUT2D eigenvalue weighted by Crippen LogP contribution is 2.35. The molecule has 1 spiro atoms. The number of hydrogen-bond acceptors (Lipinski definition) is 3. The fourth-order valence-electron chi connectivity index (χ4n) is 3.61. The van der Waals surface area contributed by atoms with Gasteiger partial charge in [-0.2, -0.15) is 0 Å². The molecule has 0 saturated carbocycles. The number of likely N-dealkylation sites (tertiary alicyclic amines) is 2. The van der Waals surface area contributed by atoms with Gasteiger partial charge in [0.05, 0.1) is 5.54 Å². The van der Waals surface area contributed by atoms with E-state index >= 15 is 0 Å². The van der Waals surface area contributed by atoms with Crippen LogP contribution in [0.1, 0.15) is 42.5 Å². The minimum Gasteiger partial charge on any atom is -0.338 e. The first-order valence-corrected chi connectivity index (χ1v) is 7.58. The maximum atomic E-state index is 12.6. The lowest BCUT2D eigenvalue weighted by molar-refractivity contribution is -0.142. The van der Waals surface area contributed by atoms with Gasteiger partial charge in [-0.25, -0.2) is 0 Å². The van der Waals surface area contributed by atoms with E-state index in [1.807, 2.05) is 16.8 Å². The molecule has 3 heterocycles. The molecule has 21 heavy (non-hydrogen) atoms. The molecule has 0 bridgehead atoms. The lowest BCUT2D eigenvalue weighted by atomic mass is 9.80. The quantitative estimate of drug-likeness (QED) is 0.790. The van der Waals surface area contributed by atoms with E-state index in [2.05, 4.69) is 4.98 Å². The SMILES string of the molecule is CN1C(=O)CCCC12CCCN(C(=O)c1ccncc1)C2. The Hall–Kier alpha value is -1.91. The molecule has 1 unspecified atom stereocenters. The molecule has 1 aromatic heterocycles.